The molecule has 3 aromatic rings. The summed E-state index contributed by atoms with van der Waals surface area (Å²) in [5.74, 6) is 0.588. The molecule has 0 radical (unpaired) electrons. The number of nitrogens with one attached hydrogen (secondary N) is 1. The molecule has 0 saturated heterocycles. The second-order valence-corrected chi connectivity index (χ2v) is 6.41. The number of pyridine rings is 1. The molecule has 124 valence electrons. The number of fused-ring (bicyclic) bond motifs is 1. The van der Waals surface area contributed by atoms with Crippen LogP contribution in [0.3, 0.4) is 0 Å². The maximum Gasteiger partial charge on any atom is 0.189 e. The van der Waals surface area contributed by atoms with E-state index in [1.54, 1.807) is 24.4 Å². The van der Waals surface area contributed by atoms with Crippen LogP contribution in [0.4, 0.5) is 4.39 Å². The van der Waals surface area contributed by atoms with Crippen molar-refractivity contribution in [3.63, 3.8) is 0 Å². The Kier molecular flexibility index (Phi) is 3.69. The van der Waals surface area contributed by atoms with Gasteiger partial charge in [0.05, 0.1) is 12.1 Å². The predicted molar refractivity (Wildman–Crippen MR) is 90.0 cm³/mol. The summed E-state index contributed by atoms with van der Waals surface area (Å²) in [4.78, 5) is 22.0. The van der Waals surface area contributed by atoms with Gasteiger partial charge in [-0.05, 0) is 25.0 Å². The van der Waals surface area contributed by atoms with Gasteiger partial charge in [-0.1, -0.05) is 6.07 Å². The van der Waals surface area contributed by atoms with Gasteiger partial charge in [0.1, 0.15) is 11.6 Å². The first kappa shape index (κ1) is 15.1. The van der Waals surface area contributed by atoms with Gasteiger partial charge in [0.2, 0.25) is 0 Å². The van der Waals surface area contributed by atoms with Crippen LogP contribution < -0.4 is 5.43 Å². The third kappa shape index (κ3) is 2.85. The van der Waals surface area contributed by atoms with Crippen LogP contribution in [0.1, 0.15) is 24.4 Å². The third-order valence-corrected chi connectivity index (χ3v) is 4.57. The van der Waals surface area contributed by atoms with E-state index in [2.05, 4.69) is 14.9 Å². The normalized spacial score (nSPS) is 14.6. The number of aromatic amines is 1. The van der Waals surface area contributed by atoms with E-state index in [9.17, 15) is 9.18 Å². The number of H-pyrrole nitrogens is 1. The van der Waals surface area contributed by atoms with Crippen molar-refractivity contribution in [1.82, 2.24) is 19.4 Å². The van der Waals surface area contributed by atoms with Crippen LogP contribution in [0, 0.1) is 5.82 Å². The van der Waals surface area contributed by atoms with E-state index >= 15 is 0 Å². The van der Waals surface area contributed by atoms with Gasteiger partial charge in [-0.3, -0.25) is 9.69 Å². The highest BCUT2D eigenvalue weighted by Crippen LogP contribution is 2.29. The maximum atomic E-state index is 14.0. The van der Waals surface area contributed by atoms with Crippen molar-refractivity contribution in [2.45, 2.75) is 32.0 Å². The number of aromatic nitrogens is 3. The van der Waals surface area contributed by atoms with E-state index in [1.165, 1.54) is 6.07 Å². The Morgan fingerprint density at radius 2 is 2.21 bits per heavy atom. The molecule has 1 aliphatic carbocycles. The van der Waals surface area contributed by atoms with Crippen LogP contribution in [-0.2, 0) is 20.1 Å². The predicted octanol–water partition coefficient (Wildman–Crippen LogP) is 2.57. The number of nitrogens with zero attached hydrogens (tertiary/aromatic N) is 3. The molecule has 0 atom stereocenters. The van der Waals surface area contributed by atoms with E-state index in [4.69, 9.17) is 0 Å². The molecule has 0 unspecified atom stereocenters. The van der Waals surface area contributed by atoms with Gasteiger partial charge in [-0.15, -0.1) is 0 Å². The van der Waals surface area contributed by atoms with E-state index < -0.39 is 5.82 Å². The molecular weight excluding hydrogens is 307 g/mol. The van der Waals surface area contributed by atoms with E-state index in [0.29, 0.717) is 24.5 Å². The summed E-state index contributed by atoms with van der Waals surface area (Å²) in [6, 6.07) is 6.66. The van der Waals surface area contributed by atoms with Gasteiger partial charge in [0, 0.05) is 49.2 Å². The largest absolute Gasteiger partial charge is 0.355 e. The fraction of sp³-hybridized carbons (Fsp3) is 0.333. The lowest BCUT2D eigenvalue weighted by Crippen LogP contribution is -2.27. The Morgan fingerprint density at radius 1 is 1.38 bits per heavy atom. The number of hydrogen-bond donors (Lipinski definition) is 1. The van der Waals surface area contributed by atoms with Gasteiger partial charge in [-0.2, -0.15) is 0 Å². The first-order valence-corrected chi connectivity index (χ1v) is 8.12. The molecule has 6 heteroatoms. The Bertz CT molecular complexity index is 942. The van der Waals surface area contributed by atoms with Crippen molar-refractivity contribution in [3.8, 4) is 0 Å². The average Bonchev–Trinajstić information content (AvgIpc) is 3.32. The summed E-state index contributed by atoms with van der Waals surface area (Å²) < 4.78 is 16.0. The van der Waals surface area contributed by atoms with E-state index in [0.717, 1.165) is 24.4 Å². The molecule has 4 rings (SSSR count). The molecule has 1 aliphatic rings. The zero-order chi connectivity index (χ0) is 16.7. The van der Waals surface area contributed by atoms with Gasteiger partial charge >= 0.3 is 0 Å². The van der Waals surface area contributed by atoms with Crippen LogP contribution in [0.2, 0.25) is 0 Å². The Balaban J connectivity index is 1.65. The number of rotatable bonds is 5. The fourth-order valence-electron chi connectivity index (χ4n) is 3.08. The number of para-hydroxylation sites is 1. The first-order chi connectivity index (χ1) is 11.6. The monoisotopic (exact) mass is 326 g/mol. The minimum absolute atomic E-state index is 0.147. The van der Waals surface area contributed by atoms with Crippen molar-refractivity contribution in [2.24, 2.45) is 7.05 Å². The molecule has 24 heavy (non-hydrogen) atoms. The highest BCUT2D eigenvalue weighted by atomic mass is 19.1. The summed E-state index contributed by atoms with van der Waals surface area (Å²) in [5, 5.41) is 0.390. The summed E-state index contributed by atoms with van der Waals surface area (Å²) >= 11 is 0. The van der Waals surface area contributed by atoms with Gasteiger partial charge < -0.3 is 9.55 Å². The highest BCUT2D eigenvalue weighted by Gasteiger charge is 2.30. The fourth-order valence-corrected chi connectivity index (χ4v) is 3.08. The smallest absolute Gasteiger partial charge is 0.189 e. The molecule has 1 fully saturated rings. The summed E-state index contributed by atoms with van der Waals surface area (Å²) in [7, 11) is 1.97. The molecule has 1 aromatic carbocycles. The number of halogens is 1. The zero-order valence-corrected chi connectivity index (χ0v) is 13.5. The lowest BCUT2D eigenvalue weighted by molar-refractivity contribution is 0.234. The first-order valence-electron chi connectivity index (χ1n) is 8.12. The minimum atomic E-state index is -0.395. The molecule has 1 N–H and O–H groups in total. The average molecular weight is 326 g/mol. The molecule has 0 spiro atoms. The molecule has 0 aliphatic heterocycles. The quantitative estimate of drug-likeness (QED) is 0.784. The van der Waals surface area contributed by atoms with Crippen molar-refractivity contribution >= 4 is 10.9 Å². The van der Waals surface area contributed by atoms with Crippen molar-refractivity contribution in [3.05, 3.63) is 64.2 Å². The lowest BCUT2D eigenvalue weighted by Gasteiger charge is -2.21. The Hall–Kier alpha value is -2.47. The van der Waals surface area contributed by atoms with Crippen LogP contribution in [-0.4, -0.2) is 25.5 Å². The summed E-state index contributed by atoms with van der Waals surface area (Å²) in [5.41, 5.74) is 0.873. The third-order valence-electron chi connectivity index (χ3n) is 4.57. The molecular formula is C18H19FN4O. The number of benzene rings is 1. The van der Waals surface area contributed by atoms with E-state index in [-0.39, 0.29) is 10.9 Å². The Morgan fingerprint density at radius 3 is 2.92 bits per heavy atom. The van der Waals surface area contributed by atoms with E-state index in [1.807, 2.05) is 17.8 Å². The second kappa shape index (κ2) is 5.87. The summed E-state index contributed by atoms with van der Waals surface area (Å²) in [6.07, 6.45) is 6.01. The molecule has 2 heterocycles. The second-order valence-electron chi connectivity index (χ2n) is 6.41. The van der Waals surface area contributed by atoms with Crippen molar-refractivity contribution < 1.29 is 4.39 Å². The highest BCUT2D eigenvalue weighted by molar-refractivity contribution is 5.78. The SMILES string of the molecule is Cn1ccnc1CN(Cc1cc(=O)c2cccc(F)c2[nH]1)C1CC1. The maximum absolute atomic E-state index is 14.0. The Labute approximate surface area is 138 Å². The molecule has 2 aromatic heterocycles. The topological polar surface area (TPSA) is 53.9 Å². The minimum Gasteiger partial charge on any atom is -0.355 e. The molecule has 0 bridgehead atoms. The van der Waals surface area contributed by atoms with Crippen LogP contribution >= 0.6 is 0 Å². The van der Waals surface area contributed by atoms with Gasteiger partial charge in [-0.25, -0.2) is 9.37 Å². The van der Waals surface area contributed by atoms with Gasteiger partial charge in [0.15, 0.2) is 5.43 Å². The summed E-state index contributed by atoms with van der Waals surface area (Å²) in [6.45, 7) is 1.29. The number of aryl methyl sites for hydroxylation is 1. The molecule has 5 nitrogen and oxygen atoms in total. The molecule has 1 saturated carbocycles. The number of hydrogen-bond acceptors (Lipinski definition) is 3. The van der Waals surface area contributed by atoms with Crippen LogP contribution in [0.5, 0.6) is 0 Å². The standard InChI is InChI=1S/C18H19FN4O/c1-22-8-7-20-17(22)11-23(13-5-6-13)10-12-9-16(24)14-3-2-4-15(19)18(14)21-12/h2-4,7-9,13H,5-6,10-11H2,1H3,(H,21,24). The zero-order valence-electron chi connectivity index (χ0n) is 13.5. The molecule has 0 amide bonds. The van der Waals surface area contributed by atoms with Crippen molar-refractivity contribution in [1.29, 1.82) is 0 Å². The number of imidazole rings is 1. The van der Waals surface area contributed by atoms with Crippen molar-refractivity contribution in [2.75, 3.05) is 0 Å². The lowest BCUT2D eigenvalue weighted by atomic mass is 10.2. The van der Waals surface area contributed by atoms with Gasteiger partial charge in [0.25, 0.3) is 0 Å². The van der Waals surface area contributed by atoms with Crippen LogP contribution in [0.25, 0.3) is 10.9 Å². The van der Waals surface area contributed by atoms with Crippen LogP contribution in [0.15, 0.2) is 41.5 Å².